The molecule has 0 aliphatic carbocycles. The summed E-state index contributed by atoms with van der Waals surface area (Å²) in [5, 5.41) is 20.2. The molecule has 0 aliphatic rings. The van der Waals surface area contributed by atoms with Gasteiger partial charge in [0.05, 0.1) is 14.5 Å². The van der Waals surface area contributed by atoms with Crippen molar-refractivity contribution in [2.24, 2.45) is 0 Å². The Morgan fingerprint density at radius 2 is 1.56 bits per heavy atom. The van der Waals surface area contributed by atoms with E-state index in [1.54, 1.807) is 12.1 Å². The lowest BCUT2D eigenvalue weighted by Gasteiger charge is -2.36. The van der Waals surface area contributed by atoms with Gasteiger partial charge in [-0.1, -0.05) is 44.0 Å². The summed E-state index contributed by atoms with van der Waals surface area (Å²) in [6.45, 7) is 12.0. The van der Waals surface area contributed by atoms with Crippen LogP contribution in [0.4, 0.5) is 0 Å². The van der Waals surface area contributed by atoms with Crippen molar-refractivity contribution >= 4 is 47.4 Å². The zero-order valence-corrected chi connectivity index (χ0v) is 23.5. The van der Waals surface area contributed by atoms with Gasteiger partial charge in [0.25, 0.3) is 0 Å². The Bertz CT molecular complexity index is 906. The lowest BCUT2D eigenvalue weighted by Crippen LogP contribution is -2.41. The molecular weight excluding hydrogens is 531 g/mol. The lowest BCUT2D eigenvalue weighted by atomic mass is 10.1. The Morgan fingerprint density at radius 1 is 0.969 bits per heavy atom. The molecule has 0 atom stereocenters. The first kappa shape index (κ1) is 27.5. The molecule has 0 bridgehead atoms. The van der Waals surface area contributed by atoms with Gasteiger partial charge in [0.15, 0.2) is 25.6 Å². The molecule has 0 spiro atoms. The predicted octanol–water partition coefficient (Wildman–Crippen LogP) is 8.13. The van der Waals surface area contributed by atoms with Crippen molar-refractivity contribution in [1.29, 1.82) is 0 Å². The second kappa shape index (κ2) is 11.6. The van der Waals surface area contributed by atoms with Crippen LogP contribution >= 0.6 is 39.1 Å². The fraction of sp³-hybridized carbons (Fsp3) is 0.500. The molecule has 0 saturated carbocycles. The first-order chi connectivity index (χ1) is 14.9. The first-order valence-electron chi connectivity index (χ1n) is 10.8. The van der Waals surface area contributed by atoms with Gasteiger partial charge in [0, 0.05) is 13.2 Å². The minimum Gasteiger partial charge on any atom is -0.503 e. The molecule has 2 N–H and O–H groups in total. The van der Waals surface area contributed by atoms with E-state index in [9.17, 15) is 5.11 Å². The minimum atomic E-state index is -1.74. The Labute approximate surface area is 211 Å². The third-order valence-electron chi connectivity index (χ3n) is 5.86. The van der Waals surface area contributed by atoms with Gasteiger partial charge in [-0.25, -0.2) is 0 Å². The summed E-state index contributed by atoms with van der Waals surface area (Å²) in [6.07, 6.45) is 2.95. The van der Waals surface area contributed by atoms with E-state index in [2.05, 4.69) is 49.8 Å². The molecule has 0 aromatic heterocycles. The highest BCUT2D eigenvalue weighted by atomic mass is 79.9. The van der Waals surface area contributed by atoms with Crippen molar-refractivity contribution in [2.45, 2.75) is 64.6 Å². The Balaban J connectivity index is 2.09. The van der Waals surface area contributed by atoms with Crippen LogP contribution in [0.2, 0.25) is 28.2 Å². The fourth-order valence-electron chi connectivity index (χ4n) is 2.92. The van der Waals surface area contributed by atoms with E-state index >= 15 is 0 Å². The molecule has 4 nitrogen and oxygen atoms in total. The van der Waals surface area contributed by atoms with Crippen LogP contribution in [0.1, 0.15) is 44.7 Å². The molecule has 0 unspecified atom stereocenters. The SMILES string of the molecule is CC(C)(C)[Si](C)(C)OCCCc1cc(Cl)c(Oc2cc(CCCO)cc(Cl)c2O)c(Br)c1. The van der Waals surface area contributed by atoms with Crippen LogP contribution in [0, 0.1) is 0 Å². The lowest BCUT2D eigenvalue weighted by molar-refractivity contribution is 0.282. The van der Waals surface area contributed by atoms with Gasteiger partial charge in [0.1, 0.15) is 0 Å². The average Bonchev–Trinajstić information content (AvgIpc) is 2.68. The molecule has 0 saturated heterocycles. The standard InChI is InChI=1S/C24H33BrCl2O4Si/c1-24(2,3)32(4,5)30-11-7-9-16-12-18(25)23(20(27)14-16)31-21-15-17(8-6-10-28)13-19(26)22(21)29/h12-15,28-29H,6-11H2,1-5H3. The van der Waals surface area contributed by atoms with Crippen LogP contribution in [-0.4, -0.2) is 31.7 Å². The van der Waals surface area contributed by atoms with Crippen LogP contribution in [-0.2, 0) is 17.3 Å². The normalized spacial score (nSPS) is 12.3. The fourth-order valence-corrected chi connectivity index (χ4v) is 5.22. The third kappa shape index (κ3) is 7.37. The molecule has 0 heterocycles. The molecule has 178 valence electrons. The number of ether oxygens (including phenoxy) is 1. The largest absolute Gasteiger partial charge is 0.503 e. The summed E-state index contributed by atoms with van der Waals surface area (Å²) in [5.41, 5.74) is 1.94. The number of phenols is 1. The molecule has 2 rings (SSSR count). The van der Waals surface area contributed by atoms with Crippen LogP contribution in [0.5, 0.6) is 17.2 Å². The van der Waals surface area contributed by atoms with Crippen molar-refractivity contribution in [3.63, 3.8) is 0 Å². The highest BCUT2D eigenvalue weighted by Gasteiger charge is 2.36. The summed E-state index contributed by atoms with van der Waals surface area (Å²) >= 11 is 16.2. The number of hydrogen-bond acceptors (Lipinski definition) is 4. The molecule has 0 radical (unpaired) electrons. The molecular formula is C24H33BrCl2O4Si. The smallest absolute Gasteiger partial charge is 0.191 e. The number of aliphatic hydroxyl groups excluding tert-OH is 1. The highest BCUT2D eigenvalue weighted by Crippen LogP contribution is 2.43. The Hall–Kier alpha value is -0.763. The second-order valence-electron chi connectivity index (χ2n) is 9.45. The summed E-state index contributed by atoms with van der Waals surface area (Å²) in [5.74, 6) is 0.497. The van der Waals surface area contributed by atoms with E-state index in [0.717, 1.165) is 30.6 Å². The number of hydrogen-bond donors (Lipinski definition) is 2. The van der Waals surface area contributed by atoms with Crippen LogP contribution < -0.4 is 4.74 Å². The molecule has 0 amide bonds. The van der Waals surface area contributed by atoms with Crippen LogP contribution in [0.15, 0.2) is 28.7 Å². The van der Waals surface area contributed by atoms with E-state index in [4.69, 9.17) is 37.5 Å². The van der Waals surface area contributed by atoms with Gasteiger partial charge in [-0.05, 0) is 95.1 Å². The number of rotatable bonds is 10. The number of phenolic OH excluding ortho intramolecular Hbond substituents is 1. The molecule has 0 fully saturated rings. The number of aryl methyl sites for hydroxylation is 2. The van der Waals surface area contributed by atoms with Gasteiger partial charge in [-0.15, -0.1) is 0 Å². The molecule has 32 heavy (non-hydrogen) atoms. The van der Waals surface area contributed by atoms with Crippen LogP contribution in [0.3, 0.4) is 0 Å². The number of aromatic hydroxyl groups is 1. The van der Waals surface area contributed by atoms with E-state index in [0.29, 0.717) is 28.1 Å². The van der Waals surface area contributed by atoms with Gasteiger partial charge >= 0.3 is 0 Å². The summed E-state index contributed by atoms with van der Waals surface area (Å²) in [4.78, 5) is 0. The maximum Gasteiger partial charge on any atom is 0.191 e. The zero-order valence-electron chi connectivity index (χ0n) is 19.4. The molecule has 2 aromatic carbocycles. The maximum absolute atomic E-state index is 10.3. The molecule has 8 heteroatoms. The van der Waals surface area contributed by atoms with Crippen LogP contribution in [0.25, 0.3) is 0 Å². The summed E-state index contributed by atoms with van der Waals surface area (Å²) in [6, 6.07) is 7.24. The van der Waals surface area contributed by atoms with Gasteiger partial charge < -0.3 is 19.4 Å². The van der Waals surface area contributed by atoms with E-state index in [-0.39, 0.29) is 28.2 Å². The quantitative estimate of drug-likeness (QED) is 0.226. The van der Waals surface area contributed by atoms with Crippen molar-refractivity contribution in [2.75, 3.05) is 13.2 Å². The van der Waals surface area contributed by atoms with Crippen molar-refractivity contribution in [1.82, 2.24) is 0 Å². The number of aliphatic hydroxyl groups is 1. The number of benzene rings is 2. The average molecular weight is 564 g/mol. The molecule has 2 aromatic rings. The molecule has 0 aliphatic heterocycles. The van der Waals surface area contributed by atoms with Crippen molar-refractivity contribution in [3.8, 4) is 17.2 Å². The number of halogens is 3. The van der Waals surface area contributed by atoms with Gasteiger partial charge in [-0.2, -0.15) is 0 Å². The van der Waals surface area contributed by atoms with Gasteiger partial charge in [-0.3, -0.25) is 0 Å². The van der Waals surface area contributed by atoms with E-state index in [1.807, 2.05) is 12.1 Å². The van der Waals surface area contributed by atoms with Gasteiger partial charge in [0.2, 0.25) is 0 Å². The zero-order chi connectivity index (χ0) is 24.1. The minimum absolute atomic E-state index is 0.0778. The topological polar surface area (TPSA) is 58.9 Å². The van der Waals surface area contributed by atoms with E-state index < -0.39 is 8.32 Å². The van der Waals surface area contributed by atoms with Crippen molar-refractivity contribution < 1.29 is 19.4 Å². The monoisotopic (exact) mass is 562 g/mol. The maximum atomic E-state index is 10.3. The predicted molar refractivity (Wildman–Crippen MR) is 139 cm³/mol. The van der Waals surface area contributed by atoms with E-state index in [1.165, 1.54) is 0 Å². The Kier molecular flexibility index (Phi) is 9.95. The van der Waals surface area contributed by atoms with Crippen molar-refractivity contribution in [3.05, 3.63) is 49.9 Å². The summed E-state index contributed by atoms with van der Waals surface area (Å²) in [7, 11) is -1.74. The third-order valence-corrected chi connectivity index (χ3v) is 11.6. The second-order valence-corrected chi connectivity index (χ2v) is 15.9. The highest BCUT2D eigenvalue weighted by molar-refractivity contribution is 9.10. The summed E-state index contributed by atoms with van der Waals surface area (Å²) < 4.78 is 12.9. The first-order valence-corrected chi connectivity index (χ1v) is 15.2. The Morgan fingerprint density at radius 3 is 2.16 bits per heavy atom.